The molecule has 1 aromatic rings. The summed E-state index contributed by atoms with van der Waals surface area (Å²) in [5, 5.41) is 11.7. The SMILES string of the molecule is O=C(CCC1CCCC1)NCc1ccc(C(=O)O)cc1. The largest absolute Gasteiger partial charge is 0.478 e. The molecular formula is C16H21NO3. The van der Waals surface area contributed by atoms with E-state index < -0.39 is 5.97 Å². The Morgan fingerprint density at radius 3 is 2.40 bits per heavy atom. The Hall–Kier alpha value is -1.84. The van der Waals surface area contributed by atoms with Crippen molar-refractivity contribution in [1.82, 2.24) is 5.32 Å². The van der Waals surface area contributed by atoms with Crippen LogP contribution in [0.2, 0.25) is 0 Å². The highest BCUT2D eigenvalue weighted by Gasteiger charge is 2.15. The van der Waals surface area contributed by atoms with E-state index in [4.69, 9.17) is 5.11 Å². The second-order valence-corrected chi connectivity index (χ2v) is 5.47. The third-order valence-corrected chi connectivity index (χ3v) is 3.94. The Morgan fingerprint density at radius 2 is 1.80 bits per heavy atom. The predicted octanol–water partition coefficient (Wildman–Crippen LogP) is 2.97. The predicted molar refractivity (Wildman–Crippen MR) is 76.4 cm³/mol. The summed E-state index contributed by atoms with van der Waals surface area (Å²) < 4.78 is 0. The van der Waals surface area contributed by atoms with Gasteiger partial charge in [0.2, 0.25) is 5.91 Å². The van der Waals surface area contributed by atoms with Crippen LogP contribution in [0, 0.1) is 5.92 Å². The van der Waals surface area contributed by atoms with Crippen molar-refractivity contribution < 1.29 is 14.7 Å². The second kappa shape index (κ2) is 7.08. The third kappa shape index (κ3) is 4.37. The molecule has 1 aromatic carbocycles. The molecule has 0 aliphatic heterocycles. The van der Waals surface area contributed by atoms with E-state index in [2.05, 4.69) is 5.32 Å². The van der Waals surface area contributed by atoms with E-state index in [-0.39, 0.29) is 11.5 Å². The lowest BCUT2D eigenvalue weighted by molar-refractivity contribution is -0.121. The molecule has 0 bridgehead atoms. The molecule has 0 radical (unpaired) electrons. The molecule has 0 atom stereocenters. The van der Waals surface area contributed by atoms with Gasteiger partial charge in [-0.2, -0.15) is 0 Å². The van der Waals surface area contributed by atoms with Crippen LogP contribution < -0.4 is 5.32 Å². The minimum absolute atomic E-state index is 0.0826. The van der Waals surface area contributed by atoms with Crippen LogP contribution in [0.5, 0.6) is 0 Å². The zero-order valence-electron chi connectivity index (χ0n) is 11.6. The molecule has 0 saturated heterocycles. The molecule has 20 heavy (non-hydrogen) atoms. The molecule has 2 rings (SSSR count). The van der Waals surface area contributed by atoms with Gasteiger partial charge in [0.05, 0.1) is 5.56 Å². The number of carboxylic acids is 1. The Morgan fingerprint density at radius 1 is 1.15 bits per heavy atom. The number of carboxylic acid groups (broad SMARTS) is 1. The second-order valence-electron chi connectivity index (χ2n) is 5.47. The normalized spacial score (nSPS) is 15.2. The van der Waals surface area contributed by atoms with Crippen molar-refractivity contribution in [3.63, 3.8) is 0 Å². The molecule has 2 N–H and O–H groups in total. The maximum Gasteiger partial charge on any atom is 0.335 e. The first kappa shape index (κ1) is 14.6. The summed E-state index contributed by atoms with van der Waals surface area (Å²) >= 11 is 0. The fourth-order valence-electron chi connectivity index (χ4n) is 2.69. The van der Waals surface area contributed by atoms with Crippen LogP contribution in [0.15, 0.2) is 24.3 Å². The van der Waals surface area contributed by atoms with Crippen molar-refractivity contribution >= 4 is 11.9 Å². The number of benzene rings is 1. The first-order chi connectivity index (χ1) is 9.65. The van der Waals surface area contributed by atoms with Crippen LogP contribution in [-0.2, 0) is 11.3 Å². The summed E-state index contributed by atoms with van der Waals surface area (Å²) in [6.07, 6.45) is 6.74. The average Bonchev–Trinajstić information content (AvgIpc) is 2.96. The highest BCUT2D eigenvalue weighted by atomic mass is 16.4. The van der Waals surface area contributed by atoms with Crippen LogP contribution >= 0.6 is 0 Å². The summed E-state index contributed by atoms with van der Waals surface area (Å²) in [6, 6.07) is 6.59. The van der Waals surface area contributed by atoms with Gasteiger partial charge in [-0.05, 0) is 30.0 Å². The van der Waals surface area contributed by atoms with Crippen LogP contribution in [0.25, 0.3) is 0 Å². The van der Waals surface area contributed by atoms with Crippen molar-refractivity contribution in [1.29, 1.82) is 0 Å². The molecule has 4 nitrogen and oxygen atoms in total. The van der Waals surface area contributed by atoms with Gasteiger partial charge in [-0.25, -0.2) is 4.79 Å². The lowest BCUT2D eigenvalue weighted by Gasteiger charge is -2.09. The van der Waals surface area contributed by atoms with E-state index in [0.29, 0.717) is 13.0 Å². The van der Waals surface area contributed by atoms with Crippen molar-refractivity contribution in [2.24, 2.45) is 5.92 Å². The standard InChI is InChI=1S/C16H21NO3/c18-15(10-7-12-3-1-2-4-12)17-11-13-5-8-14(9-6-13)16(19)20/h5-6,8-9,12H,1-4,7,10-11H2,(H,17,18)(H,19,20). The fraction of sp³-hybridized carbons (Fsp3) is 0.500. The van der Waals surface area contributed by atoms with Gasteiger partial charge in [-0.3, -0.25) is 4.79 Å². The maximum atomic E-state index is 11.7. The molecule has 0 spiro atoms. The number of rotatable bonds is 6. The minimum atomic E-state index is -0.933. The van der Waals surface area contributed by atoms with E-state index in [1.807, 2.05) is 0 Å². The molecule has 1 aliphatic carbocycles. The van der Waals surface area contributed by atoms with Gasteiger partial charge >= 0.3 is 5.97 Å². The van der Waals surface area contributed by atoms with Crippen LogP contribution in [-0.4, -0.2) is 17.0 Å². The lowest BCUT2D eigenvalue weighted by atomic mass is 10.0. The number of nitrogens with one attached hydrogen (secondary N) is 1. The van der Waals surface area contributed by atoms with Gasteiger partial charge in [0.25, 0.3) is 0 Å². The molecule has 1 saturated carbocycles. The van der Waals surface area contributed by atoms with E-state index in [9.17, 15) is 9.59 Å². The number of carbonyl (C=O) groups is 2. The molecule has 1 fully saturated rings. The lowest BCUT2D eigenvalue weighted by Crippen LogP contribution is -2.23. The number of hydrogen-bond acceptors (Lipinski definition) is 2. The summed E-state index contributed by atoms with van der Waals surface area (Å²) in [4.78, 5) is 22.5. The Kier molecular flexibility index (Phi) is 5.16. The number of aromatic carboxylic acids is 1. The first-order valence-corrected chi connectivity index (χ1v) is 7.24. The topological polar surface area (TPSA) is 66.4 Å². The van der Waals surface area contributed by atoms with Gasteiger partial charge < -0.3 is 10.4 Å². The summed E-state index contributed by atoms with van der Waals surface area (Å²) in [6.45, 7) is 0.462. The Bertz CT molecular complexity index is 461. The Balaban J connectivity index is 1.70. The first-order valence-electron chi connectivity index (χ1n) is 7.24. The van der Waals surface area contributed by atoms with Gasteiger partial charge in [-0.15, -0.1) is 0 Å². The highest BCUT2D eigenvalue weighted by Crippen LogP contribution is 2.28. The molecule has 1 aliphatic rings. The zero-order valence-corrected chi connectivity index (χ0v) is 11.6. The summed E-state index contributed by atoms with van der Waals surface area (Å²) in [5.74, 6) is -0.119. The minimum Gasteiger partial charge on any atom is -0.478 e. The van der Waals surface area contributed by atoms with E-state index in [1.54, 1.807) is 24.3 Å². The highest BCUT2D eigenvalue weighted by molar-refractivity contribution is 5.87. The average molecular weight is 275 g/mol. The maximum absolute atomic E-state index is 11.7. The van der Waals surface area contributed by atoms with E-state index in [1.165, 1.54) is 25.7 Å². The smallest absolute Gasteiger partial charge is 0.335 e. The molecule has 0 aromatic heterocycles. The third-order valence-electron chi connectivity index (χ3n) is 3.94. The molecule has 0 heterocycles. The number of amides is 1. The van der Waals surface area contributed by atoms with Gasteiger partial charge in [0.15, 0.2) is 0 Å². The van der Waals surface area contributed by atoms with Crippen LogP contribution in [0.3, 0.4) is 0 Å². The van der Waals surface area contributed by atoms with Gasteiger partial charge in [0.1, 0.15) is 0 Å². The van der Waals surface area contributed by atoms with Crippen molar-refractivity contribution in [3.05, 3.63) is 35.4 Å². The van der Waals surface area contributed by atoms with Crippen LogP contribution in [0.1, 0.15) is 54.4 Å². The van der Waals surface area contributed by atoms with Crippen molar-refractivity contribution in [2.45, 2.75) is 45.1 Å². The van der Waals surface area contributed by atoms with Gasteiger partial charge in [0, 0.05) is 13.0 Å². The monoisotopic (exact) mass is 275 g/mol. The number of hydrogen-bond donors (Lipinski definition) is 2. The summed E-state index contributed by atoms with van der Waals surface area (Å²) in [5.41, 5.74) is 1.19. The van der Waals surface area contributed by atoms with E-state index >= 15 is 0 Å². The summed E-state index contributed by atoms with van der Waals surface area (Å²) in [7, 11) is 0. The van der Waals surface area contributed by atoms with E-state index in [0.717, 1.165) is 17.9 Å². The fourth-order valence-corrected chi connectivity index (χ4v) is 2.69. The van der Waals surface area contributed by atoms with Crippen molar-refractivity contribution in [3.8, 4) is 0 Å². The molecule has 108 valence electrons. The Labute approximate surface area is 119 Å². The van der Waals surface area contributed by atoms with Gasteiger partial charge in [-0.1, -0.05) is 37.8 Å². The quantitative estimate of drug-likeness (QED) is 0.838. The molecule has 1 amide bonds. The van der Waals surface area contributed by atoms with Crippen LogP contribution in [0.4, 0.5) is 0 Å². The molecular weight excluding hydrogens is 254 g/mol. The van der Waals surface area contributed by atoms with Crippen molar-refractivity contribution in [2.75, 3.05) is 0 Å². The zero-order chi connectivity index (χ0) is 14.4. The molecule has 0 unspecified atom stereocenters. The molecule has 4 heteroatoms. The number of carbonyl (C=O) groups excluding carboxylic acids is 1.